The lowest BCUT2D eigenvalue weighted by Gasteiger charge is -2.38. The number of methoxy groups -OCH3 is 2. The van der Waals surface area contributed by atoms with Crippen molar-refractivity contribution in [1.29, 1.82) is 0 Å². The van der Waals surface area contributed by atoms with Gasteiger partial charge in [-0.1, -0.05) is 38.8 Å². The second-order valence-corrected chi connectivity index (χ2v) is 10.8. The van der Waals surface area contributed by atoms with Crippen molar-refractivity contribution in [2.24, 2.45) is 23.7 Å². The predicted octanol–water partition coefficient (Wildman–Crippen LogP) is 2.37. The molecule has 9 nitrogen and oxygen atoms in total. The normalized spacial score (nSPS) is 35.9. The maximum absolute atomic E-state index is 13.9. The molecule has 1 spiro atoms. The van der Waals surface area contributed by atoms with Crippen LogP contribution in [0.25, 0.3) is 0 Å². The van der Waals surface area contributed by atoms with Crippen LogP contribution in [0.3, 0.4) is 0 Å². The molecule has 0 aromatic heterocycles. The highest BCUT2D eigenvalue weighted by Crippen LogP contribution is 2.55. The molecule has 1 aliphatic carbocycles. The Morgan fingerprint density at radius 1 is 1.14 bits per heavy atom. The van der Waals surface area contributed by atoms with Crippen LogP contribution in [-0.4, -0.2) is 73.8 Å². The molecular formula is C28H37N3O6. The van der Waals surface area contributed by atoms with Crippen molar-refractivity contribution in [1.82, 2.24) is 10.2 Å². The van der Waals surface area contributed by atoms with Crippen LogP contribution in [0.4, 0.5) is 5.69 Å². The first-order valence-electron chi connectivity index (χ1n) is 13.2. The van der Waals surface area contributed by atoms with Gasteiger partial charge in [-0.3, -0.25) is 14.4 Å². The number of rotatable bonds is 8. The molecule has 5 rings (SSSR count). The SMILES string of the molecule is COCCN1C(=O)C2C(C(=O)Nc3ccc(OC)cc3)C3C=CC2(O3)C1C(=O)NC1CCCC(C)C1C. The second kappa shape index (κ2) is 10.1. The maximum Gasteiger partial charge on any atom is 0.246 e. The van der Waals surface area contributed by atoms with Crippen LogP contribution in [0, 0.1) is 23.7 Å². The highest BCUT2D eigenvalue weighted by molar-refractivity contribution is 6.02. The fourth-order valence-electron chi connectivity index (χ4n) is 6.64. The number of hydrogen-bond donors (Lipinski definition) is 2. The molecule has 37 heavy (non-hydrogen) atoms. The van der Waals surface area contributed by atoms with Crippen molar-refractivity contribution < 1.29 is 28.6 Å². The number of carbonyl (C=O) groups excluding carboxylic acids is 3. The van der Waals surface area contributed by atoms with E-state index in [1.165, 1.54) is 0 Å². The van der Waals surface area contributed by atoms with Crippen molar-refractivity contribution in [3.8, 4) is 5.75 Å². The highest BCUT2D eigenvalue weighted by atomic mass is 16.5. The van der Waals surface area contributed by atoms with Gasteiger partial charge in [-0.15, -0.1) is 0 Å². The van der Waals surface area contributed by atoms with Crippen molar-refractivity contribution in [2.75, 3.05) is 32.7 Å². The molecule has 2 saturated heterocycles. The number of hydrogen-bond acceptors (Lipinski definition) is 6. The van der Waals surface area contributed by atoms with Crippen LogP contribution in [0.1, 0.15) is 33.1 Å². The molecule has 0 radical (unpaired) electrons. The number of likely N-dealkylation sites (tertiary alicyclic amines) is 1. The Kier molecular flexibility index (Phi) is 7.02. The third-order valence-corrected chi connectivity index (χ3v) is 8.85. The zero-order chi connectivity index (χ0) is 26.3. The van der Waals surface area contributed by atoms with Crippen LogP contribution in [-0.2, 0) is 23.9 Å². The largest absolute Gasteiger partial charge is 0.497 e. The number of carbonyl (C=O) groups is 3. The predicted molar refractivity (Wildman–Crippen MR) is 137 cm³/mol. The lowest BCUT2D eigenvalue weighted by Crippen LogP contribution is -2.58. The third-order valence-electron chi connectivity index (χ3n) is 8.85. The van der Waals surface area contributed by atoms with E-state index in [2.05, 4.69) is 24.5 Å². The summed E-state index contributed by atoms with van der Waals surface area (Å²) in [6.07, 6.45) is 6.22. The number of nitrogens with zero attached hydrogens (tertiary/aromatic N) is 1. The molecule has 1 aromatic carbocycles. The fraction of sp³-hybridized carbons (Fsp3) is 0.607. The van der Waals surface area contributed by atoms with Gasteiger partial charge in [0, 0.05) is 25.4 Å². The van der Waals surface area contributed by atoms with Gasteiger partial charge in [0.2, 0.25) is 17.7 Å². The van der Waals surface area contributed by atoms with Crippen LogP contribution < -0.4 is 15.4 Å². The minimum atomic E-state index is -1.18. The Morgan fingerprint density at radius 3 is 2.59 bits per heavy atom. The summed E-state index contributed by atoms with van der Waals surface area (Å²) in [5.41, 5.74) is -0.576. The van der Waals surface area contributed by atoms with Gasteiger partial charge in [-0.25, -0.2) is 0 Å². The van der Waals surface area contributed by atoms with Crippen LogP contribution in [0.5, 0.6) is 5.75 Å². The minimum absolute atomic E-state index is 0.0443. The zero-order valence-electron chi connectivity index (χ0n) is 21.9. The number of benzene rings is 1. The molecule has 1 saturated carbocycles. The quantitative estimate of drug-likeness (QED) is 0.519. The number of fused-ring (bicyclic) bond motifs is 1. The van der Waals surface area contributed by atoms with E-state index < -0.39 is 29.6 Å². The topological polar surface area (TPSA) is 106 Å². The smallest absolute Gasteiger partial charge is 0.246 e. The molecule has 4 aliphatic rings. The molecule has 8 unspecified atom stereocenters. The maximum atomic E-state index is 13.9. The summed E-state index contributed by atoms with van der Waals surface area (Å²) in [7, 11) is 3.14. The van der Waals surface area contributed by atoms with E-state index in [1.54, 1.807) is 43.4 Å². The Morgan fingerprint density at radius 2 is 1.89 bits per heavy atom. The summed E-state index contributed by atoms with van der Waals surface area (Å²) in [6.45, 7) is 4.93. The van der Waals surface area contributed by atoms with E-state index in [4.69, 9.17) is 14.2 Å². The molecule has 2 N–H and O–H groups in total. The second-order valence-electron chi connectivity index (χ2n) is 10.8. The van der Waals surface area contributed by atoms with Crippen molar-refractivity contribution in [3.63, 3.8) is 0 Å². The molecule has 3 fully saturated rings. The summed E-state index contributed by atoms with van der Waals surface area (Å²) < 4.78 is 16.8. The van der Waals surface area contributed by atoms with E-state index in [0.29, 0.717) is 23.3 Å². The number of nitrogens with one attached hydrogen (secondary N) is 2. The molecular weight excluding hydrogens is 474 g/mol. The Balaban J connectivity index is 1.41. The highest BCUT2D eigenvalue weighted by Gasteiger charge is 2.72. The van der Waals surface area contributed by atoms with E-state index in [1.807, 2.05) is 12.2 Å². The minimum Gasteiger partial charge on any atom is -0.497 e. The van der Waals surface area contributed by atoms with Gasteiger partial charge in [-0.05, 0) is 42.5 Å². The van der Waals surface area contributed by atoms with Crippen molar-refractivity contribution in [3.05, 3.63) is 36.4 Å². The van der Waals surface area contributed by atoms with Crippen LogP contribution >= 0.6 is 0 Å². The lowest BCUT2D eigenvalue weighted by atomic mass is 9.73. The average molecular weight is 512 g/mol. The van der Waals surface area contributed by atoms with Crippen LogP contribution in [0.15, 0.2) is 36.4 Å². The number of amides is 3. The van der Waals surface area contributed by atoms with E-state index >= 15 is 0 Å². The van der Waals surface area contributed by atoms with Crippen LogP contribution in [0.2, 0.25) is 0 Å². The first-order valence-corrected chi connectivity index (χ1v) is 13.2. The summed E-state index contributed by atoms with van der Waals surface area (Å²) in [5.74, 6) is -0.754. The molecule has 3 aliphatic heterocycles. The molecule has 9 heteroatoms. The molecule has 1 aromatic rings. The Hall–Kier alpha value is -2.91. The van der Waals surface area contributed by atoms with Crippen molar-refractivity contribution >= 4 is 23.4 Å². The molecule has 2 bridgehead atoms. The van der Waals surface area contributed by atoms with E-state index in [9.17, 15) is 14.4 Å². The van der Waals surface area contributed by atoms with E-state index in [0.717, 1.165) is 19.3 Å². The monoisotopic (exact) mass is 511 g/mol. The van der Waals surface area contributed by atoms with Gasteiger partial charge in [-0.2, -0.15) is 0 Å². The molecule has 3 amide bonds. The van der Waals surface area contributed by atoms with Crippen molar-refractivity contribution in [2.45, 2.75) is 56.9 Å². The third kappa shape index (κ3) is 4.32. The van der Waals surface area contributed by atoms with E-state index in [-0.39, 0.29) is 36.9 Å². The van der Waals surface area contributed by atoms with Gasteiger partial charge in [0.05, 0.1) is 31.7 Å². The van der Waals surface area contributed by atoms with Gasteiger partial charge < -0.3 is 29.7 Å². The first-order chi connectivity index (χ1) is 17.8. The standard InChI is InChI=1S/C28H37N3O6/c1-16-6-5-7-20(17(16)2)30-26(33)24-28-13-12-21(37-28)22(23(28)27(34)31(24)14-15-35-3)25(32)29-18-8-10-19(36-4)11-9-18/h8-13,16-17,20-24H,5-7,14-15H2,1-4H3,(H,29,32)(H,30,33). The summed E-state index contributed by atoms with van der Waals surface area (Å²) >= 11 is 0. The molecule has 8 atom stereocenters. The lowest BCUT2D eigenvalue weighted by molar-refractivity contribution is -0.142. The number of ether oxygens (including phenoxy) is 3. The molecule has 200 valence electrons. The summed E-state index contributed by atoms with van der Waals surface area (Å²) in [4.78, 5) is 42.7. The molecule has 3 heterocycles. The Bertz CT molecular complexity index is 1070. The summed E-state index contributed by atoms with van der Waals surface area (Å²) in [6, 6.07) is 6.21. The van der Waals surface area contributed by atoms with Gasteiger partial charge in [0.25, 0.3) is 0 Å². The van der Waals surface area contributed by atoms with Gasteiger partial charge in [0.1, 0.15) is 17.4 Å². The van der Waals surface area contributed by atoms with Gasteiger partial charge in [0.15, 0.2) is 0 Å². The summed E-state index contributed by atoms with van der Waals surface area (Å²) in [5, 5.41) is 6.18. The average Bonchev–Trinajstić information content (AvgIpc) is 3.53. The number of anilines is 1. The Labute approximate surface area is 217 Å². The van der Waals surface area contributed by atoms with Gasteiger partial charge >= 0.3 is 0 Å². The first kappa shape index (κ1) is 25.7. The zero-order valence-corrected chi connectivity index (χ0v) is 21.9. The fourth-order valence-corrected chi connectivity index (χ4v) is 6.64.